The summed E-state index contributed by atoms with van der Waals surface area (Å²) in [5, 5.41) is 19.5. The summed E-state index contributed by atoms with van der Waals surface area (Å²) in [4.78, 5) is 20.3. The summed E-state index contributed by atoms with van der Waals surface area (Å²) in [5.74, 6) is -1.65. The van der Waals surface area contributed by atoms with E-state index in [1.165, 1.54) is 0 Å². The van der Waals surface area contributed by atoms with Gasteiger partial charge in [0.15, 0.2) is 0 Å². The zero-order valence-corrected chi connectivity index (χ0v) is 10.5. The molecule has 0 amide bonds. The Hall–Kier alpha value is -1.18. The summed E-state index contributed by atoms with van der Waals surface area (Å²) in [7, 11) is 0. The van der Waals surface area contributed by atoms with Gasteiger partial charge in [0.25, 0.3) is 0 Å². The number of unbranched alkanes of at least 4 members (excludes halogenated alkanes) is 1. The maximum atomic E-state index is 10.1. The third kappa shape index (κ3) is 7.99. The monoisotopic (exact) mass is 261 g/mol. The van der Waals surface area contributed by atoms with Crippen molar-refractivity contribution in [1.29, 1.82) is 0 Å². The van der Waals surface area contributed by atoms with Crippen LogP contribution in [0.3, 0.4) is 0 Å². The van der Waals surface area contributed by atoms with Gasteiger partial charge < -0.3 is 27.0 Å². The van der Waals surface area contributed by atoms with Crippen molar-refractivity contribution in [2.75, 3.05) is 13.1 Å². The lowest BCUT2D eigenvalue weighted by molar-refractivity contribution is -0.139. The van der Waals surface area contributed by atoms with Crippen LogP contribution in [-0.4, -0.2) is 47.3 Å². The van der Waals surface area contributed by atoms with E-state index in [0.717, 1.165) is 32.2 Å². The highest BCUT2D eigenvalue weighted by Crippen LogP contribution is 2.03. The van der Waals surface area contributed by atoms with E-state index >= 15 is 0 Å². The number of carboxylic acid groups (broad SMARTS) is 2. The minimum atomic E-state index is -0.933. The van der Waals surface area contributed by atoms with Crippen molar-refractivity contribution >= 4 is 11.9 Å². The Morgan fingerprint density at radius 3 is 2.33 bits per heavy atom. The molecule has 1 unspecified atom stereocenters. The molecule has 7 nitrogen and oxygen atoms in total. The van der Waals surface area contributed by atoms with Gasteiger partial charge in [-0.2, -0.15) is 0 Å². The smallest absolute Gasteiger partial charge is 0.320 e. The summed E-state index contributed by atoms with van der Waals surface area (Å²) in [6.07, 6.45) is 3.95. The Morgan fingerprint density at radius 2 is 2.00 bits per heavy atom. The molecule has 106 valence electrons. The summed E-state index contributed by atoms with van der Waals surface area (Å²) in [6, 6.07) is -0.985. The second kappa shape index (κ2) is 9.81. The van der Waals surface area contributed by atoms with E-state index < -0.39 is 18.0 Å². The topological polar surface area (TPSA) is 139 Å². The molecule has 0 aromatic carbocycles. The van der Waals surface area contributed by atoms with E-state index in [1.54, 1.807) is 0 Å². The molecule has 0 aromatic rings. The van der Waals surface area contributed by atoms with Gasteiger partial charge in [0.1, 0.15) is 12.1 Å². The van der Waals surface area contributed by atoms with Crippen LogP contribution in [-0.2, 0) is 9.59 Å². The third-order valence-corrected chi connectivity index (χ3v) is 2.64. The Labute approximate surface area is 107 Å². The first-order valence-electron chi connectivity index (χ1n) is 6.13. The highest BCUT2D eigenvalue weighted by molar-refractivity contribution is 5.73. The molecule has 1 rings (SSSR count). The molecule has 1 heterocycles. The minimum Gasteiger partial charge on any atom is -0.480 e. The standard InChI is InChI=1S/C6H14N2O2.C5H9NO2/c7-4-2-1-3-5(8)6(9)10;7-5(8)4-2-1-3-6-4/h5H,1-4,7-8H2,(H,9,10);4,6H,1-3H2,(H,7,8)/t;4-/m.0/s1. The fourth-order valence-corrected chi connectivity index (χ4v) is 1.53. The second-order valence-electron chi connectivity index (χ2n) is 4.22. The summed E-state index contributed by atoms with van der Waals surface area (Å²) in [5.41, 5.74) is 10.4. The number of aliphatic carboxylic acids is 2. The molecule has 0 aliphatic carbocycles. The Balaban J connectivity index is 0.000000327. The Morgan fingerprint density at radius 1 is 1.33 bits per heavy atom. The lowest BCUT2D eigenvalue weighted by Crippen LogP contribution is -2.29. The quantitative estimate of drug-likeness (QED) is 0.400. The van der Waals surface area contributed by atoms with Gasteiger partial charge in [-0.15, -0.1) is 0 Å². The van der Waals surface area contributed by atoms with Gasteiger partial charge in [-0.05, 0) is 38.8 Å². The molecule has 1 aliphatic rings. The van der Waals surface area contributed by atoms with E-state index in [9.17, 15) is 9.59 Å². The zero-order valence-electron chi connectivity index (χ0n) is 10.5. The van der Waals surface area contributed by atoms with Crippen molar-refractivity contribution in [3.63, 3.8) is 0 Å². The molecular weight excluding hydrogens is 238 g/mol. The van der Waals surface area contributed by atoms with Crippen LogP contribution in [0.2, 0.25) is 0 Å². The third-order valence-electron chi connectivity index (χ3n) is 2.64. The lowest BCUT2D eigenvalue weighted by Gasteiger charge is -2.03. The number of nitrogens with two attached hydrogens (primary N) is 2. The number of hydrogen-bond donors (Lipinski definition) is 5. The maximum Gasteiger partial charge on any atom is 0.320 e. The van der Waals surface area contributed by atoms with E-state index in [2.05, 4.69) is 5.32 Å². The van der Waals surface area contributed by atoms with E-state index in [1.807, 2.05) is 0 Å². The van der Waals surface area contributed by atoms with Crippen molar-refractivity contribution in [3.05, 3.63) is 0 Å². The number of rotatable bonds is 6. The van der Waals surface area contributed by atoms with Crippen molar-refractivity contribution in [3.8, 4) is 0 Å². The predicted octanol–water partition coefficient (Wildman–Crippen LogP) is -0.650. The number of nitrogens with one attached hydrogen (secondary N) is 1. The Bertz CT molecular complexity index is 255. The normalized spacial score (nSPS) is 19.8. The molecule has 7 N–H and O–H groups in total. The molecule has 1 fully saturated rings. The van der Waals surface area contributed by atoms with Gasteiger partial charge in [-0.3, -0.25) is 9.59 Å². The molecule has 7 heteroatoms. The number of carbonyl (C=O) groups is 2. The van der Waals surface area contributed by atoms with Crippen LogP contribution in [0.1, 0.15) is 32.1 Å². The van der Waals surface area contributed by atoms with Gasteiger partial charge in [-0.25, -0.2) is 0 Å². The molecule has 0 saturated carbocycles. The molecule has 0 spiro atoms. The van der Waals surface area contributed by atoms with Crippen LogP contribution in [0.25, 0.3) is 0 Å². The molecular formula is C11H23N3O4. The van der Waals surface area contributed by atoms with Gasteiger partial charge in [0, 0.05) is 0 Å². The Kier molecular flexibility index (Phi) is 9.17. The lowest BCUT2D eigenvalue weighted by atomic mass is 10.1. The van der Waals surface area contributed by atoms with Gasteiger partial charge in [-0.1, -0.05) is 6.42 Å². The summed E-state index contributed by atoms with van der Waals surface area (Å²) >= 11 is 0. The van der Waals surface area contributed by atoms with Crippen LogP contribution < -0.4 is 16.8 Å². The fraction of sp³-hybridized carbons (Fsp3) is 0.818. The van der Waals surface area contributed by atoms with Gasteiger partial charge in [0.2, 0.25) is 0 Å². The molecule has 0 bridgehead atoms. The first-order valence-corrected chi connectivity index (χ1v) is 6.13. The van der Waals surface area contributed by atoms with Crippen molar-refractivity contribution < 1.29 is 19.8 Å². The van der Waals surface area contributed by atoms with Crippen molar-refractivity contribution in [2.24, 2.45) is 11.5 Å². The molecule has 2 atom stereocenters. The summed E-state index contributed by atoms with van der Waals surface area (Å²) < 4.78 is 0. The summed E-state index contributed by atoms with van der Waals surface area (Å²) in [6.45, 7) is 1.46. The second-order valence-corrected chi connectivity index (χ2v) is 4.22. The van der Waals surface area contributed by atoms with Crippen molar-refractivity contribution in [2.45, 2.75) is 44.2 Å². The molecule has 0 aromatic heterocycles. The van der Waals surface area contributed by atoms with Crippen LogP contribution in [0.5, 0.6) is 0 Å². The van der Waals surface area contributed by atoms with Crippen LogP contribution in [0, 0.1) is 0 Å². The first-order chi connectivity index (χ1) is 8.49. The average molecular weight is 261 g/mol. The number of carboxylic acids is 2. The first kappa shape index (κ1) is 16.8. The average Bonchev–Trinajstić information content (AvgIpc) is 2.83. The molecule has 18 heavy (non-hydrogen) atoms. The largest absolute Gasteiger partial charge is 0.480 e. The van der Waals surface area contributed by atoms with E-state index in [0.29, 0.717) is 13.0 Å². The zero-order chi connectivity index (χ0) is 14.0. The predicted molar refractivity (Wildman–Crippen MR) is 67.2 cm³/mol. The van der Waals surface area contributed by atoms with Crippen LogP contribution >= 0.6 is 0 Å². The molecule has 0 radical (unpaired) electrons. The number of hydrogen-bond acceptors (Lipinski definition) is 5. The van der Waals surface area contributed by atoms with Crippen LogP contribution in [0.15, 0.2) is 0 Å². The fourth-order valence-electron chi connectivity index (χ4n) is 1.53. The van der Waals surface area contributed by atoms with Crippen LogP contribution in [0.4, 0.5) is 0 Å². The van der Waals surface area contributed by atoms with E-state index in [-0.39, 0.29) is 6.04 Å². The van der Waals surface area contributed by atoms with Gasteiger partial charge in [0.05, 0.1) is 0 Å². The minimum absolute atomic E-state index is 0.269. The SMILES string of the molecule is NCCCCC(N)C(=O)O.O=C(O)[C@@H]1CCCN1. The van der Waals surface area contributed by atoms with E-state index in [4.69, 9.17) is 21.7 Å². The highest BCUT2D eigenvalue weighted by Gasteiger charge is 2.20. The van der Waals surface area contributed by atoms with Gasteiger partial charge >= 0.3 is 11.9 Å². The highest BCUT2D eigenvalue weighted by atomic mass is 16.4. The molecule has 1 aliphatic heterocycles. The van der Waals surface area contributed by atoms with Crippen molar-refractivity contribution in [1.82, 2.24) is 5.32 Å². The molecule has 1 saturated heterocycles. The maximum absolute atomic E-state index is 10.1.